The van der Waals surface area contributed by atoms with Crippen molar-refractivity contribution < 1.29 is 22.7 Å². The third-order valence-electron chi connectivity index (χ3n) is 4.58. The van der Waals surface area contributed by atoms with Gasteiger partial charge in [-0.05, 0) is 61.9 Å². The second-order valence-electron chi connectivity index (χ2n) is 6.59. The van der Waals surface area contributed by atoms with Crippen molar-refractivity contribution in [2.45, 2.75) is 31.2 Å². The zero-order valence-electron chi connectivity index (χ0n) is 16.1. The van der Waals surface area contributed by atoms with Gasteiger partial charge in [0.15, 0.2) is 0 Å². The number of rotatable bonds is 7. The van der Waals surface area contributed by atoms with E-state index >= 15 is 0 Å². The molecule has 7 nitrogen and oxygen atoms in total. The molecule has 0 radical (unpaired) electrons. The highest BCUT2D eigenvalue weighted by Crippen LogP contribution is 2.26. The molecule has 1 heterocycles. The number of aryl methyl sites for hydroxylation is 1. The Hall–Kier alpha value is -2.58. The molecule has 1 aliphatic heterocycles. The zero-order chi connectivity index (χ0) is 20.3. The van der Waals surface area contributed by atoms with E-state index in [1.165, 1.54) is 13.2 Å². The van der Waals surface area contributed by atoms with Crippen molar-refractivity contribution in [2.24, 2.45) is 0 Å². The first kappa shape index (κ1) is 20.2. The Kier molecular flexibility index (Phi) is 5.90. The summed E-state index contributed by atoms with van der Waals surface area (Å²) in [6.45, 7) is 4.53. The minimum Gasteiger partial charge on any atom is -0.496 e. The fraction of sp³-hybridized carbons (Fsp3) is 0.350. The molecule has 0 bridgehead atoms. The fourth-order valence-electron chi connectivity index (χ4n) is 3.23. The van der Waals surface area contributed by atoms with Crippen LogP contribution in [0.15, 0.2) is 47.4 Å². The lowest BCUT2D eigenvalue weighted by atomic mass is 10.2. The third kappa shape index (κ3) is 4.28. The second kappa shape index (κ2) is 8.20. The normalized spacial score (nSPS) is 17.0. The van der Waals surface area contributed by atoms with Gasteiger partial charge >= 0.3 is 0 Å². The largest absolute Gasteiger partial charge is 0.496 e. The van der Waals surface area contributed by atoms with Gasteiger partial charge in [0.05, 0.1) is 18.6 Å². The third-order valence-corrected chi connectivity index (χ3v) is 6.10. The lowest BCUT2D eigenvalue weighted by molar-refractivity contribution is -0.117. The van der Waals surface area contributed by atoms with Crippen molar-refractivity contribution in [3.05, 3.63) is 48.0 Å². The predicted octanol–water partition coefficient (Wildman–Crippen LogP) is 2.49. The van der Waals surface area contributed by atoms with Crippen LogP contribution in [0.4, 0.5) is 5.69 Å². The number of hydrogen-bond acceptors (Lipinski definition) is 5. The standard InChI is InChI=1S/C20H24N2O5S/c1-4-27-17-7-5-16(6-8-17)22-13-15(12-20(22)23)21-28(24,25)18-9-10-19(26-3)14(2)11-18/h5-11,15,21H,4,12-13H2,1-3H3/t15-/m1/s1. The van der Waals surface area contributed by atoms with Crippen LogP contribution in [0.3, 0.4) is 0 Å². The molecule has 1 atom stereocenters. The molecule has 8 heteroatoms. The molecule has 1 fully saturated rings. The maximum absolute atomic E-state index is 12.7. The van der Waals surface area contributed by atoms with Crippen molar-refractivity contribution in [1.29, 1.82) is 0 Å². The summed E-state index contributed by atoms with van der Waals surface area (Å²) in [5.41, 5.74) is 1.44. The Balaban J connectivity index is 1.71. The van der Waals surface area contributed by atoms with Crippen molar-refractivity contribution in [3.8, 4) is 11.5 Å². The van der Waals surface area contributed by atoms with Crippen molar-refractivity contribution in [1.82, 2.24) is 4.72 Å². The Morgan fingerprint density at radius 2 is 1.89 bits per heavy atom. The number of amides is 1. The van der Waals surface area contributed by atoms with Gasteiger partial charge in [0.25, 0.3) is 0 Å². The average Bonchev–Trinajstić information content (AvgIpc) is 3.02. The van der Waals surface area contributed by atoms with Crippen molar-refractivity contribution >= 4 is 21.6 Å². The number of methoxy groups -OCH3 is 1. The molecule has 28 heavy (non-hydrogen) atoms. The van der Waals surface area contributed by atoms with E-state index in [4.69, 9.17) is 9.47 Å². The molecule has 3 rings (SSSR count). The van der Waals surface area contributed by atoms with E-state index in [2.05, 4.69) is 4.72 Å². The summed E-state index contributed by atoms with van der Waals surface area (Å²) in [6.07, 6.45) is 0.113. The zero-order valence-corrected chi connectivity index (χ0v) is 17.0. The molecule has 2 aromatic rings. The summed E-state index contributed by atoms with van der Waals surface area (Å²) in [6, 6.07) is 11.4. The summed E-state index contributed by atoms with van der Waals surface area (Å²) in [7, 11) is -2.20. The number of carbonyl (C=O) groups is 1. The van der Waals surface area contributed by atoms with E-state index in [-0.39, 0.29) is 23.8 Å². The Labute approximate surface area is 165 Å². The molecule has 0 aromatic heterocycles. The quantitative estimate of drug-likeness (QED) is 0.766. The molecule has 0 aliphatic carbocycles. The number of nitrogens with zero attached hydrogens (tertiary/aromatic N) is 1. The molecule has 1 saturated heterocycles. The fourth-order valence-corrected chi connectivity index (χ4v) is 4.54. The summed E-state index contributed by atoms with van der Waals surface area (Å²) in [4.78, 5) is 14.1. The van der Waals surface area contributed by atoms with Crippen molar-refractivity contribution in [2.75, 3.05) is 25.2 Å². The smallest absolute Gasteiger partial charge is 0.240 e. The van der Waals surface area contributed by atoms with Crippen LogP contribution in [0.2, 0.25) is 0 Å². The van der Waals surface area contributed by atoms with Crippen molar-refractivity contribution in [3.63, 3.8) is 0 Å². The van der Waals surface area contributed by atoms with Crippen LogP contribution in [0.5, 0.6) is 11.5 Å². The number of sulfonamides is 1. The second-order valence-corrected chi connectivity index (χ2v) is 8.30. The SMILES string of the molecule is CCOc1ccc(N2C[C@H](NS(=O)(=O)c3ccc(OC)c(C)c3)CC2=O)cc1. The summed E-state index contributed by atoms with van der Waals surface area (Å²) < 4.78 is 38.6. The average molecular weight is 404 g/mol. The lowest BCUT2D eigenvalue weighted by Gasteiger charge is -2.18. The van der Waals surface area contributed by atoms with E-state index in [9.17, 15) is 13.2 Å². The molecule has 1 N–H and O–H groups in total. The predicted molar refractivity (Wildman–Crippen MR) is 106 cm³/mol. The molecule has 1 aliphatic rings. The highest BCUT2D eigenvalue weighted by atomic mass is 32.2. The van der Waals surface area contributed by atoms with Crippen LogP contribution in [-0.4, -0.2) is 40.6 Å². The molecule has 2 aromatic carbocycles. The van der Waals surface area contributed by atoms with E-state index in [1.807, 2.05) is 6.92 Å². The highest BCUT2D eigenvalue weighted by Gasteiger charge is 2.33. The molecule has 0 saturated carbocycles. The van der Waals surface area contributed by atoms with E-state index in [0.29, 0.717) is 12.4 Å². The Morgan fingerprint density at radius 3 is 2.50 bits per heavy atom. The Morgan fingerprint density at radius 1 is 1.18 bits per heavy atom. The highest BCUT2D eigenvalue weighted by molar-refractivity contribution is 7.89. The number of ether oxygens (including phenoxy) is 2. The first-order valence-corrected chi connectivity index (χ1v) is 10.5. The number of anilines is 1. The first-order valence-electron chi connectivity index (χ1n) is 9.04. The molecule has 150 valence electrons. The van der Waals surface area contributed by atoms with Gasteiger partial charge in [-0.1, -0.05) is 0 Å². The van der Waals surface area contributed by atoms with E-state index < -0.39 is 16.1 Å². The first-order chi connectivity index (χ1) is 13.3. The van der Waals surface area contributed by atoms with Crippen LogP contribution in [0.1, 0.15) is 18.9 Å². The maximum atomic E-state index is 12.7. The van der Waals surface area contributed by atoms with Gasteiger partial charge in [-0.15, -0.1) is 0 Å². The van der Waals surface area contributed by atoms with E-state index in [1.54, 1.807) is 48.2 Å². The number of hydrogen-bond donors (Lipinski definition) is 1. The maximum Gasteiger partial charge on any atom is 0.240 e. The Bertz CT molecular complexity index is 957. The van der Waals surface area contributed by atoms with Gasteiger partial charge in [0, 0.05) is 24.7 Å². The van der Waals surface area contributed by atoms with Crippen LogP contribution < -0.4 is 19.1 Å². The molecular weight excluding hydrogens is 380 g/mol. The topological polar surface area (TPSA) is 84.9 Å². The number of benzene rings is 2. The molecular formula is C20H24N2O5S. The lowest BCUT2D eigenvalue weighted by Crippen LogP contribution is -2.37. The van der Waals surface area contributed by atoms with Gasteiger partial charge in [-0.2, -0.15) is 0 Å². The summed E-state index contributed by atoms with van der Waals surface area (Å²) in [5, 5.41) is 0. The van der Waals surface area contributed by atoms with Gasteiger partial charge in [-0.25, -0.2) is 13.1 Å². The number of nitrogens with one attached hydrogen (secondary N) is 1. The number of carbonyl (C=O) groups excluding carboxylic acids is 1. The van der Waals surface area contributed by atoms with Gasteiger partial charge in [-0.3, -0.25) is 4.79 Å². The van der Waals surface area contributed by atoms with Crippen LogP contribution in [0.25, 0.3) is 0 Å². The minimum atomic E-state index is -3.74. The molecule has 1 amide bonds. The summed E-state index contributed by atoms with van der Waals surface area (Å²) in [5.74, 6) is 1.23. The molecule has 0 unspecified atom stereocenters. The van der Waals surface area contributed by atoms with Gasteiger partial charge < -0.3 is 14.4 Å². The van der Waals surface area contributed by atoms with Crippen LogP contribution >= 0.6 is 0 Å². The molecule has 0 spiro atoms. The van der Waals surface area contributed by atoms with Gasteiger partial charge in [0.1, 0.15) is 11.5 Å². The van der Waals surface area contributed by atoms with Crippen LogP contribution in [0, 0.1) is 6.92 Å². The van der Waals surface area contributed by atoms with Gasteiger partial charge in [0.2, 0.25) is 15.9 Å². The summed E-state index contributed by atoms with van der Waals surface area (Å²) >= 11 is 0. The van der Waals surface area contributed by atoms with Crippen LogP contribution in [-0.2, 0) is 14.8 Å². The minimum absolute atomic E-state index is 0.113. The van der Waals surface area contributed by atoms with E-state index in [0.717, 1.165) is 17.0 Å². The monoisotopic (exact) mass is 404 g/mol.